The zero-order valence-corrected chi connectivity index (χ0v) is 8.49. The fraction of sp³-hybridized carbons (Fsp3) is 0.444. The van der Waals surface area contributed by atoms with Gasteiger partial charge in [-0.1, -0.05) is 0 Å². The molecule has 0 aliphatic heterocycles. The molecule has 6 nitrogen and oxygen atoms in total. The third kappa shape index (κ3) is 3.70. The quantitative estimate of drug-likeness (QED) is 0.302. The Bertz CT molecular complexity index is 311. The molecule has 0 aromatic carbocycles. The highest BCUT2D eigenvalue weighted by atomic mass is 16.5. The number of carbonyl (C=O) groups excluding carboxylic acids is 1. The van der Waals surface area contributed by atoms with Crippen LogP contribution in [0.15, 0.2) is 16.7 Å². The summed E-state index contributed by atoms with van der Waals surface area (Å²) in [5, 5.41) is 0. The van der Waals surface area contributed by atoms with E-state index in [-0.39, 0.29) is 5.91 Å². The highest BCUT2D eigenvalue weighted by molar-refractivity contribution is 5.93. The van der Waals surface area contributed by atoms with Gasteiger partial charge in [0.15, 0.2) is 0 Å². The van der Waals surface area contributed by atoms with Crippen molar-refractivity contribution >= 4 is 5.91 Å². The third-order valence-electron chi connectivity index (χ3n) is 1.72. The predicted molar refractivity (Wildman–Crippen MR) is 51.9 cm³/mol. The van der Waals surface area contributed by atoms with Gasteiger partial charge in [-0.2, -0.15) is 0 Å². The van der Waals surface area contributed by atoms with Gasteiger partial charge in [0.1, 0.15) is 18.6 Å². The first-order valence-electron chi connectivity index (χ1n) is 4.43. The number of nitrogen functional groups attached to an aromatic ring is 1. The number of ether oxygens (including phenoxy) is 2. The van der Waals surface area contributed by atoms with Crippen LogP contribution < -0.4 is 11.3 Å². The van der Waals surface area contributed by atoms with Crippen LogP contribution in [0.2, 0.25) is 0 Å². The molecule has 0 spiro atoms. The molecular weight excluding hydrogens is 200 g/mol. The van der Waals surface area contributed by atoms with E-state index in [4.69, 9.17) is 19.7 Å². The maximum absolute atomic E-state index is 11.0. The molecule has 0 saturated carbocycles. The van der Waals surface area contributed by atoms with Crippen molar-refractivity contribution in [2.24, 2.45) is 5.84 Å². The Balaban J connectivity index is 2.36. The number of carbonyl (C=O) groups is 1. The van der Waals surface area contributed by atoms with E-state index in [0.29, 0.717) is 31.1 Å². The van der Waals surface area contributed by atoms with E-state index >= 15 is 0 Å². The second-order valence-corrected chi connectivity index (χ2v) is 2.82. The molecule has 15 heavy (non-hydrogen) atoms. The molecule has 1 aromatic rings. The molecule has 0 radical (unpaired) electrons. The van der Waals surface area contributed by atoms with Crippen LogP contribution in [0.3, 0.4) is 0 Å². The van der Waals surface area contributed by atoms with Gasteiger partial charge < -0.3 is 13.9 Å². The molecule has 0 fully saturated rings. The summed E-state index contributed by atoms with van der Waals surface area (Å²) in [4.78, 5) is 11.0. The van der Waals surface area contributed by atoms with Gasteiger partial charge in [0.05, 0.1) is 18.8 Å². The third-order valence-corrected chi connectivity index (χ3v) is 1.72. The highest BCUT2D eigenvalue weighted by Crippen LogP contribution is 2.08. The highest BCUT2D eigenvalue weighted by Gasteiger charge is 2.08. The van der Waals surface area contributed by atoms with Crippen molar-refractivity contribution in [2.75, 3.05) is 20.3 Å². The lowest BCUT2D eigenvalue weighted by molar-refractivity contribution is 0.0538. The number of methoxy groups -OCH3 is 1. The van der Waals surface area contributed by atoms with Gasteiger partial charge in [-0.3, -0.25) is 10.2 Å². The van der Waals surface area contributed by atoms with Crippen LogP contribution in [-0.4, -0.2) is 26.2 Å². The summed E-state index contributed by atoms with van der Waals surface area (Å²) in [6.45, 7) is 1.31. The number of rotatable bonds is 6. The second kappa shape index (κ2) is 6.18. The lowest BCUT2D eigenvalue weighted by Crippen LogP contribution is -2.29. The summed E-state index contributed by atoms with van der Waals surface area (Å²) in [6, 6.07) is 1.58. The van der Waals surface area contributed by atoms with Crippen molar-refractivity contribution in [1.29, 1.82) is 0 Å². The van der Waals surface area contributed by atoms with Crippen LogP contribution in [0, 0.1) is 0 Å². The molecular formula is C9H14N2O4. The van der Waals surface area contributed by atoms with E-state index in [0.717, 1.165) is 0 Å². The fourth-order valence-corrected chi connectivity index (χ4v) is 0.974. The van der Waals surface area contributed by atoms with E-state index in [9.17, 15) is 4.79 Å². The maximum Gasteiger partial charge on any atom is 0.268 e. The molecule has 1 rings (SSSR count). The Morgan fingerprint density at radius 3 is 3.07 bits per heavy atom. The van der Waals surface area contributed by atoms with E-state index in [1.807, 2.05) is 5.43 Å². The molecule has 1 aromatic heterocycles. The maximum atomic E-state index is 11.0. The molecule has 0 aliphatic rings. The fourth-order valence-electron chi connectivity index (χ4n) is 0.974. The van der Waals surface area contributed by atoms with Crippen LogP contribution in [0.4, 0.5) is 0 Å². The molecule has 0 aliphatic carbocycles. The minimum Gasteiger partial charge on any atom is -0.466 e. The molecule has 0 bridgehead atoms. The number of hydrogen-bond acceptors (Lipinski definition) is 5. The van der Waals surface area contributed by atoms with Crippen LogP contribution >= 0.6 is 0 Å². The summed E-state index contributed by atoms with van der Waals surface area (Å²) in [5.74, 6) is 5.15. The van der Waals surface area contributed by atoms with Crippen LogP contribution in [0.25, 0.3) is 0 Å². The van der Waals surface area contributed by atoms with Gasteiger partial charge in [-0.25, -0.2) is 5.84 Å². The topological polar surface area (TPSA) is 86.7 Å². The van der Waals surface area contributed by atoms with Crippen molar-refractivity contribution in [3.05, 3.63) is 23.7 Å². The molecule has 0 atom stereocenters. The SMILES string of the molecule is COCCOCc1cc(C(=O)NN)co1. The Hall–Kier alpha value is -1.37. The molecule has 6 heteroatoms. The summed E-state index contributed by atoms with van der Waals surface area (Å²) in [7, 11) is 1.60. The number of nitrogens with two attached hydrogens (primary N) is 1. The minimum atomic E-state index is -0.387. The first-order valence-corrected chi connectivity index (χ1v) is 4.43. The summed E-state index contributed by atoms with van der Waals surface area (Å²) in [6.07, 6.45) is 1.33. The van der Waals surface area contributed by atoms with Gasteiger partial charge in [0, 0.05) is 7.11 Å². The predicted octanol–water partition coefficient (Wildman–Crippen LogP) is 0.0461. The first-order chi connectivity index (χ1) is 7.27. The lowest BCUT2D eigenvalue weighted by Gasteiger charge is -1.99. The second-order valence-electron chi connectivity index (χ2n) is 2.82. The number of nitrogens with one attached hydrogen (secondary N) is 1. The normalized spacial score (nSPS) is 10.3. The van der Waals surface area contributed by atoms with Crippen molar-refractivity contribution in [3.8, 4) is 0 Å². The van der Waals surface area contributed by atoms with Gasteiger partial charge in [0.2, 0.25) is 0 Å². The standard InChI is InChI=1S/C9H14N2O4/c1-13-2-3-14-6-8-4-7(5-15-8)9(12)11-10/h4-5H,2-3,6,10H2,1H3,(H,11,12). The van der Waals surface area contributed by atoms with Crippen LogP contribution in [0.5, 0.6) is 0 Å². The van der Waals surface area contributed by atoms with Gasteiger partial charge in [-0.05, 0) is 6.07 Å². The van der Waals surface area contributed by atoms with Crippen LogP contribution in [-0.2, 0) is 16.1 Å². The van der Waals surface area contributed by atoms with E-state index in [1.165, 1.54) is 6.26 Å². The van der Waals surface area contributed by atoms with Crippen LogP contribution in [0.1, 0.15) is 16.1 Å². The van der Waals surface area contributed by atoms with E-state index < -0.39 is 0 Å². The average molecular weight is 214 g/mol. The summed E-state index contributed by atoms with van der Waals surface area (Å²) in [5.41, 5.74) is 2.39. The minimum absolute atomic E-state index is 0.307. The number of amides is 1. The largest absolute Gasteiger partial charge is 0.466 e. The summed E-state index contributed by atoms with van der Waals surface area (Å²) < 4.78 is 15.1. The molecule has 1 amide bonds. The Kier molecular flexibility index (Phi) is 4.82. The molecule has 84 valence electrons. The number of hydrazine groups is 1. The Morgan fingerprint density at radius 2 is 2.40 bits per heavy atom. The smallest absolute Gasteiger partial charge is 0.268 e. The molecule has 0 saturated heterocycles. The Morgan fingerprint density at radius 1 is 1.60 bits per heavy atom. The Labute approximate surface area is 87.3 Å². The van der Waals surface area contributed by atoms with Crippen molar-refractivity contribution in [2.45, 2.75) is 6.61 Å². The van der Waals surface area contributed by atoms with E-state index in [1.54, 1.807) is 13.2 Å². The van der Waals surface area contributed by atoms with E-state index in [2.05, 4.69) is 0 Å². The van der Waals surface area contributed by atoms with Crippen molar-refractivity contribution in [3.63, 3.8) is 0 Å². The first kappa shape index (κ1) is 11.7. The van der Waals surface area contributed by atoms with Gasteiger partial charge in [-0.15, -0.1) is 0 Å². The van der Waals surface area contributed by atoms with Gasteiger partial charge >= 0.3 is 0 Å². The van der Waals surface area contributed by atoms with Crippen molar-refractivity contribution in [1.82, 2.24) is 5.43 Å². The average Bonchev–Trinajstić information content (AvgIpc) is 2.72. The van der Waals surface area contributed by atoms with Crippen molar-refractivity contribution < 1.29 is 18.7 Å². The zero-order chi connectivity index (χ0) is 11.1. The number of furan rings is 1. The molecule has 1 heterocycles. The summed E-state index contributed by atoms with van der Waals surface area (Å²) >= 11 is 0. The monoisotopic (exact) mass is 214 g/mol. The zero-order valence-electron chi connectivity index (χ0n) is 8.49. The molecule has 0 unspecified atom stereocenters. The van der Waals surface area contributed by atoms with Gasteiger partial charge in [0.25, 0.3) is 5.91 Å². The lowest BCUT2D eigenvalue weighted by atomic mass is 10.3. The molecule has 3 N–H and O–H groups in total. The number of hydrogen-bond donors (Lipinski definition) is 2.